The fourth-order valence-corrected chi connectivity index (χ4v) is 5.24. The van der Waals surface area contributed by atoms with Gasteiger partial charge in [0.15, 0.2) is 0 Å². The number of aliphatic hydroxyl groups is 2. The number of fused-ring (bicyclic) bond motifs is 1. The SMILES string of the molecule is OCC(CO)CCc1ccc(-c2nc3ccc(C4(c5ccccc5)CC4)nc3s2)c(F)c1. The van der Waals surface area contributed by atoms with Crippen LogP contribution in [-0.4, -0.2) is 33.4 Å². The summed E-state index contributed by atoms with van der Waals surface area (Å²) in [6, 6.07) is 19.7. The second-order valence-corrected chi connectivity index (χ2v) is 9.55. The summed E-state index contributed by atoms with van der Waals surface area (Å²) in [7, 11) is 0. The summed E-state index contributed by atoms with van der Waals surface area (Å²) >= 11 is 1.42. The molecule has 4 nitrogen and oxygen atoms in total. The van der Waals surface area contributed by atoms with Crippen LogP contribution >= 0.6 is 11.3 Å². The molecule has 1 saturated carbocycles. The highest BCUT2D eigenvalue weighted by molar-refractivity contribution is 7.21. The molecule has 0 bridgehead atoms. The van der Waals surface area contributed by atoms with Crippen LogP contribution in [0.1, 0.15) is 36.1 Å². The van der Waals surface area contributed by atoms with Crippen LogP contribution in [0.15, 0.2) is 60.7 Å². The molecule has 0 spiro atoms. The Morgan fingerprint density at radius 2 is 1.75 bits per heavy atom. The van der Waals surface area contributed by atoms with E-state index in [1.807, 2.05) is 18.2 Å². The number of hydrogen-bond acceptors (Lipinski definition) is 5. The average Bonchev–Trinajstić information content (AvgIpc) is 3.53. The summed E-state index contributed by atoms with van der Waals surface area (Å²) in [6.07, 6.45) is 3.40. The number of halogens is 1. The fraction of sp³-hybridized carbons (Fsp3) is 0.308. The highest BCUT2D eigenvalue weighted by Gasteiger charge is 2.47. The summed E-state index contributed by atoms with van der Waals surface area (Å²) in [6.45, 7) is -0.132. The molecule has 0 atom stereocenters. The maximum Gasteiger partial charge on any atom is 0.144 e. The summed E-state index contributed by atoms with van der Waals surface area (Å²) in [5, 5.41) is 19.1. The Labute approximate surface area is 190 Å². The molecule has 5 rings (SSSR count). The number of thiazole rings is 1. The summed E-state index contributed by atoms with van der Waals surface area (Å²) in [4.78, 5) is 10.4. The van der Waals surface area contributed by atoms with Gasteiger partial charge in [0.2, 0.25) is 0 Å². The van der Waals surface area contributed by atoms with Crippen molar-refractivity contribution in [2.75, 3.05) is 13.2 Å². The van der Waals surface area contributed by atoms with Gasteiger partial charge in [-0.05, 0) is 61.1 Å². The molecule has 164 valence electrons. The van der Waals surface area contributed by atoms with Gasteiger partial charge in [-0.1, -0.05) is 47.7 Å². The van der Waals surface area contributed by atoms with Crippen molar-refractivity contribution in [1.82, 2.24) is 9.97 Å². The maximum atomic E-state index is 14.9. The van der Waals surface area contributed by atoms with Crippen molar-refractivity contribution in [2.24, 2.45) is 5.92 Å². The van der Waals surface area contributed by atoms with Gasteiger partial charge in [-0.3, -0.25) is 0 Å². The molecule has 2 aromatic carbocycles. The zero-order valence-corrected chi connectivity index (χ0v) is 18.5. The normalized spacial score (nSPS) is 14.9. The van der Waals surface area contributed by atoms with Crippen LogP contribution in [0.5, 0.6) is 0 Å². The van der Waals surface area contributed by atoms with Gasteiger partial charge in [0.25, 0.3) is 0 Å². The van der Waals surface area contributed by atoms with E-state index in [1.165, 1.54) is 23.0 Å². The molecule has 32 heavy (non-hydrogen) atoms. The van der Waals surface area contributed by atoms with E-state index in [2.05, 4.69) is 35.3 Å². The maximum absolute atomic E-state index is 14.9. The van der Waals surface area contributed by atoms with Gasteiger partial charge in [0, 0.05) is 30.1 Å². The van der Waals surface area contributed by atoms with Crippen molar-refractivity contribution in [3.8, 4) is 10.6 Å². The zero-order valence-electron chi connectivity index (χ0n) is 17.7. The number of benzene rings is 2. The summed E-state index contributed by atoms with van der Waals surface area (Å²) in [5.41, 5.74) is 4.46. The predicted octanol–water partition coefficient (Wildman–Crippen LogP) is 5.11. The Morgan fingerprint density at radius 1 is 0.969 bits per heavy atom. The Balaban J connectivity index is 1.41. The number of aliphatic hydroxyl groups excluding tert-OH is 2. The van der Waals surface area contributed by atoms with Crippen LogP contribution in [0.4, 0.5) is 4.39 Å². The molecule has 6 heteroatoms. The summed E-state index contributed by atoms with van der Waals surface area (Å²) in [5.74, 6) is -0.484. The second kappa shape index (κ2) is 8.70. The average molecular weight is 449 g/mol. The second-order valence-electron chi connectivity index (χ2n) is 8.57. The van der Waals surface area contributed by atoms with Crippen LogP contribution in [0.25, 0.3) is 20.9 Å². The van der Waals surface area contributed by atoms with E-state index in [1.54, 1.807) is 6.07 Å². The number of pyridine rings is 1. The zero-order chi connectivity index (χ0) is 22.1. The molecule has 2 aromatic heterocycles. The Bertz CT molecular complexity index is 1230. The van der Waals surface area contributed by atoms with Gasteiger partial charge < -0.3 is 10.2 Å². The minimum absolute atomic E-state index is 0.00645. The third-order valence-electron chi connectivity index (χ3n) is 6.44. The molecule has 4 aromatic rings. The van der Waals surface area contributed by atoms with Gasteiger partial charge in [-0.25, -0.2) is 14.4 Å². The lowest BCUT2D eigenvalue weighted by atomic mass is 9.92. The Kier molecular flexibility index (Phi) is 5.76. The number of aryl methyl sites for hydroxylation is 1. The Hall–Kier alpha value is -2.67. The van der Waals surface area contributed by atoms with Crippen molar-refractivity contribution in [1.29, 1.82) is 0 Å². The van der Waals surface area contributed by atoms with Gasteiger partial charge in [-0.2, -0.15) is 0 Å². The molecular weight excluding hydrogens is 423 g/mol. The molecule has 1 aliphatic carbocycles. The van der Waals surface area contributed by atoms with E-state index in [4.69, 9.17) is 4.98 Å². The van der Waals surface area contributed by atoms with Crippen LogP contribution in [-0.2, 0) is 11.8 Å². The molecule has 0 aliphatic heterocycles. The van der Waals surface area contributed by atoms with Crippen LogP contribution in [0, 0.1) is 11.7 Å². The lowest BCUT2D eigenvalue weighted by molar-refractivity contribution is 0.144. The van der Waals surface area contributed by atoms with Crippen molar-refractivity contribution in [3.05, 3.63) is 83.3 Å². The van der Waals surface area contributed by atoms with Gasteiger partial charge in [-0.15, -0.1) is 0 Å². The van der Waals surface area contributed by atoms with E-state index in [0.717, 1.165) is 34.4 Å². The minimum Gasteiger partial charge on any atom is -0.396 e. The highest BCUT2D eigenvalue weighted by Crippen LogP contribution is 2.53. The Morgan fingerprint density at radius 3 is 2.44 bits per heavy atom. The lowest BCUT2D eigenvalue weighted by Gasteiger charge is -2.14. The largest absolute Gasteiger partial charge is 0.396 e. The smallest absolute Gasteiger partial charge is 0.144 e. The molecule has 0 saturated heterocycles. The van der Waals surface area contributed by atoms with Crippen LogP contribution < -0.4 is 0 Å². The molecule has 1 aliphatic rings. The predicted molar refractivity (Wildman–Crippen MR) is 125 cm³/mol. The van der Waals surface area contributed by atoms with E-state index in [9.17, 15) is 14.6 Å². The molecule has 2 heterocycles. The van der Waals surface area contributed by atoms with Crippen LogP contribution in [0.3, 0.4) is 0 Å². The lowest BCUT2D eigenvalue weighted by Crippen LogP contribution is -2.11. The first-order chi connectivity index (χ1) is 15.6. The molecular formula is C26H25FN2O2S. The van der Waals surface area contributed by atoms with Gasteiger partial charge >= 0.3 is 0 Å². The first kappa shape index (κ1) is 21.2. The summed E-state index contributed by atoms with van der Waals surface area (Å²) < 4.78 is 14.9. The molecule has 2 N–H and O–H groups in total. The van der Waals surface area contributed by atoms with Crippen molar-refractivity contribution in [2.45, 2.75) is 31.1 Å². The number of rotatable bonds is 8. The molecule has 0 amide bonds. The molecule has 1 fully saturated rings. The minimum atomic E-state index is -0.311. The number of hydrogen-bond donors (Lipinski definition) is 2. The first-order valence-corrected chi connectivity index (χ1v) is 11.8. The van der Waals surface area contributed by atoms with E-state index in [-0.39, 0.29) is 30.4 Å². The quantitative estimate of drug-likeness (QED) is 0.393. The van der Waals surface area contributed by atoms with Crippen molar-refractivity contribution in [3.63, 3.8) is 0 Å². The van der Waals surface area contributed by atoms with Crippen molar-refractivity contribution < 1.29 is 14.6 Å². The topological polar surface area (TPSA) is 66.2 Å². The van der Waals surface area contributed by atoms with Crippen LogP contribution in [0.2, 0.25) is 0 Å². The van der Waals surface area contributed by atoms with E-state index < -0.39 is 0 Å². The van der Waals surface area contributed by atoms with Gasteiger partial charge in [0.05, 0.1) is 5.69 Å². The third kappa shape index (κ3) is 3.94. The van der Waals surface area contributed by atoms with E-state index in [0.29, 0.717) is 23.4 Å². The highest BCUT2D eigenvalue weighted by atomic mass is 32.1. The monoisotopic (exact) mass is 448 g/mol. The molecule has 0 unspecified atom stereocenters. The van der Waals surface area contributed by atoms with E-state index >= 15 is 0 Å². The fourth-order valence-electron chi connectivity index (χ4n) is 4.27. The van der Waals surface area contributed by atoms with Crippen molar-refractivity contribution >= 4 is 21.7 Å². The molecule has 0 radical (unpaired) electrons. The first-order valence-electron chi connectivity index (χ1n) is 11.0. The number of nitrogens with zero attached hydrogens (tertiary/aromatic N) is 2. The number of aromatic nitrogens is 2. The third-order valence-corrected chi connectivity index (χ3v) is 7.44. The van der Waals surface area contributed by atoms with Gasteiger partial charge in [0.1, 0.15) is 21.2 Å². The standard InChI is InChI=1S/C26H25FN2O2S/c27-21-14-17(6-7-18(15-30)16-31)8-9-20(21)24-28-22-10-11-23(29-25(22)32-24)26(12-13-26)19-4-2-1-3-5-19/h1-5,8-11,14,18,30-31H,6-7,12-13,15-16H2.